The van der Waals surface area contributed by atoms with Crippen molar-refractivity contribution in [1.29, 1.82) is 0 Å². The summed E-state index contributed by atoms with van der Waals surface area (Å²) in [4.78, 5) is 3.89. The van der Waals surface area contributed by atoms with Gasteiger partial charge in [0.05, 0.1) is 5.60 Å². The fourth-order valence-electron chi connectivity index (χ4n) is 2.03. The molecule has 0 atom stereocenters. The minimum atomic E-state index is -3.56. The van der Waals surface area contributed by atoms with Gasteiger partial charge in [0.1, 0.15) is 4.90 Å². The van der Waals surface area contributed by atoms with Gasteiger partial charge in [-0.15, -0.1) is 0 Å². The van der Waals surface area contributed by atoms with E-state index in [4.69, 9.17) is 0 Å². The summed E-state index contributed by atoms with van der Waals surface area (Å²) in [6.45, 7) is 0.0736. The number of aromatic nitrogens is 1. The lowest BCUT2D eigenvalue weighted by molar-refractivity contribution is 0.0532. The van der Waals surface area contributed by atoms with Gasteiger partial charge < -0.3 is 5.11 Å². The van der Waals surface area contributed by atoms with Crippen LogP contribution in [0.3, 0.4) is 0 Å². The Morgan fingerprint density at radius 1 is 1.41 bits per heavy atom. The second kappa shape index (κ2) is 4.72. The van der Waals surface area contributed by atoms with Crippen LogP contribution < -0.4 is 4.72 Å². The maximum atomic E-state index is 11.9. The van der Waals surface area contributed by atoms with Crippen molar-refractivity contribution in [3.05, 3.63) is 24.5 Å². The molecule has 0 bridgehead atoms. The minimum absolute atomic E-state index is 0.0736. The van der Waals surface area contributed by atoms with E-state index in [9.17, 15) is 13.5 Å². The Kier molecular flexibility index (Phi) is 3.46. The van der Waals surface area contributed by atoms with Crippen molar-refractivity contribution < 1.29 is 13.5 Å². The average molecular weight is 256 g/mol. The van der Waals surface area contributed by atoms with Gasteiger partial charge in [-0.2, -0.15) is 0 Å². The maximum Gasteiger partial charge on any atom is 0.242 e. The number of rotatable bonds is 4. The first kappa shape index (κ1) is 12.5. The standard InChI is InChI=1S/C11H16N2O3S/c14-11(5-1-2-6-11)9-13-17(15,16)10-4-3-7-12-8-10/h3-4,7-8,13-14H,1-2,5-6,9H2. The molecule has 1 heterocycles. The van der Waals surface area contributed by atoms with Crippen LogP contribution in [0.4, 0.5) is 0 Å². The molecule has 2 rings (SSSR count). The zero-order chi connectivity index (χ0) is 12.4. The van der Waals surface area contributed by atoms with Gasteiger partial charge in [-0.3, -0.25) is 4.98 Å². The fraction of sp³-hybridized carbons (Fsp3) is 0.545. The lowest BCUT2D eigenvalue weighted by Crippen LogP contribution is -2.40. The molecule has 17 heavy (non-hydrogen) atoms. The van der Waals surface area contributed by atoms with Gasteiger partial charge in [0.15, 0.2) is 0 Å². The molecule has 1 aliphatic carbocycles. The zero-order valence-electron chi connectivity index (χ0n) is 9.46. The highest BCUT2D eigenvalue weighted by Crippen LogP contribution is 2.28. The summed E-state index contributed by atoms with van der Waals surface area (Å²) in [6, 6.07) is 3.05. The van der Waals surface area contributed by atoms with E-state index < -0.39 is 15.6 Å². The molecular formula is C11H16N2O3S. The Labute approximate surface area is 101 Å². The molecule has 2 N–H and O–H groups in total. The summed E-state index contributed by atoms with van der Waals surface area (Å²) in [5.74, 6) is 0. The molecule has 5 nitrogen and oxygen atoms in total. The second-order valence-electron chi connectivity index (χ2n) is 4.44. The number of nitrogens with zero attached hydrogens (tertiary/aromatic N) is 1. The van der Waals surface area contributed by atoms with Gasteiger partial charge in [-0.05, 0) is 25.0 Å². The molecule has 0 amide bonds. The first-order valence-electron chi connectivity index (χ1n) is 5.64. The number of nitrogens with one attached hydrogen (secondary N) is 1. The summed E-state index contributed by atoms with van der Waals surface area (Å²) in [5.41, 5.74) is -0.880. The molecule has 1 aromatic rings. The van der Waals surface area contributed by atoms with E-state index in [1.165, 1.54) is 18.5 Å². The van der Waals surface area contributed by atoms with Crippen LogP contribution in [0.5, 0.6) is 0 Å². The topological polar surface area (TPSA) is 79.3 Å². The Hall–Kier alpha value is -0.980. The quantitative estimate of drug-likeness (QED) is 0.829. The van der Waals surface area contributed by atoms with Crippen LogP contribution in [0.2, 0.25) is 0 Å². The molecule has 0 aliphatic heterocycles. The molecule has 0 spiro atoms. The predicted octanol–water partition coefficient (Wildman–Crippen LogP) is 0.665. The highest BCUT2D eigenvalue weighted by atomic mass is 32.2. The van der Waals surface area contributed by atoms with E-state index >= 15 is 0 Å². The van der Waals surface area contributed by atoms with Crippen molar-refractivity contribution in [3.8, 4) is 0 Å². The van der Waals surface area contributed by atoms with E-state index in [-0.39, 0.29) is 11.4 Å². The number of hydrogen-bond donors (Lipinski definition) is 2. The fourth-order valence-corrected chi connectivity index (χ4v) is 3.11. The average Bonchev–Trinajstić information content (AvgIpc) is 2.76. The second-order valence-corrected chi connectivity index (χ2v) is 6.21. The third-order valence-electron chi connectivity index (χ3n) is 3.07. The van der Waals surface area contributed by atoms with Gasteiger partial charge in [-0.25, -0.2) is 13.1 Å². The van der Waals surface area contributed by atoms with Crippen LogP contribution >= 0.6 is 0 Å². The van der Waals surface area contributed by atoms with Gasteiger partial charge in [0.2, 0.25) is 10.0 Å². The van der Waals surface area contributed by atoms with Gasteiger partial charge in [0, 0.05) is 18.9 Å². The molecule has 0 saturated heterocycles. The third-order valence-corrected chi connectivity index (χ3v) is 4.46. The number of sulfonamides is 1. The predicted molar refractivity (Wildman–Crippen MR) is 62.8 cm³/mol. The highest BCUT2D eigenvalue weighted by Gasteiger charge is 2.32. The van der Waals surface area contributed by atoms with Crippen molar-refractivity contribution in [1.82, 2.24) is 9.71 Å². The lowest BCUT2D eigenvalue weighted by Gasteiger charge is -2.22. The summed E-state index contributed by atoms with van der Waals surface area (Å²) < 4.78 is 26.2. The van der Waals surface area contributed by atoms with Crippen LogP contribution in [0.15, 0.2) is 29.4 Å². The molecule has 1 saturated carbocycles. The molecule has 94 valence electrons. The van der Waals surface area contributed by atoms with Crippen molar-refractivity contribution in [3.63, 3.8) is 0 Å². The summed E-state index contributed by atoms with van der Waals surface area (Å²) in [6.07, 6.45) is 6.02. The van der Waals surface area contributed by atoms with Gasteiger partial charge >= 0.3 is 0 Å². The van der Waals surface area contributed by atoms with Gasteiger partial charge in [0.25, 0.3) is 0 Å². The summed E-state index contributed by atoms with van der Waals surface area (Å²) >= 11 is 0. The molecule has 1 fully saturated rings. The number of hydrogen-bond acceptors (Lipinski definition) is 4. The molecule has 0 aromatic carbocycles. The Bertz CT molecular complexity index is 467. The van der Waals surface area contributed by atoms with E-state index in [2.05, 4.69) is 9.71 Å². The molecule has 1 aromatic heterocycles. The number of aliphatic hydroxyl groups is 1. The molecule has 0 radical (unpaired) electrons. The Morgan fingerprint density at radius 3 is 2.71 bits per heavy atom. The first-order chi connectivity index (χ1) is 8.02. The summed E-state index contributed by atoms with van der Waals surface area (Å²) in [7, 11) is -3.56. The monoisotopic (exact) mass is 256 g/mol. The van der Waals surface area contributed by atoms with Crippen LogP contribution in [0, 0.1) is 0 Å². The normalized spacial score (nSPS) is 19.4. The number of pyridine rings is 1. The van der Waals surface area contributed by atoms with Crippen molar-refractivity contribution in [2.45, 2.75) is 36.2 Å². The van der Waals surface area contributed by atoms with Crippen molar-refractivity contribution in [2.75, 3.05) is 6.54 Å². The molecule has 1 aliphatic rings. The van der Waals surface area contributed by atoms with Crippen LogP contribution in [0.25, 0.3) is 0 Å². The lowest BCUT2D eigenvalue weighted by atomic mass is 10.0. The van der Waals surface area contributed by atoms with Gasteiger partial charge in [-0.1, -0.05) is 12.8 Å². The largest absolute Gasteiger partial charge is 0.389 e. The van der Waals surface area contributed by atoms with E-state index in [1.807, 2.05) is 0 Å². The maximum absolute atomic E-state index is 11.9. The molecular weight excluding hydrogens is 240 g/mol. The Balaban J connectivity index is 2.04. The highest BCUT2D eigenvalue weighted by molar-refractivity contribution is 7.89. The minimum Gasteiger partial charge on any atom is -0.389 e. The van der Waals surface area contributed by atoms with Crippen LogP contribution in [-0.4, -0.2) is 30.7 Å². The molecule has 6 heteroatoms. The van der Waals surface area contributed by atoms with Crippen LogP contribution in [0.1, 0.15) is 25.7 Å². The zero-order valence-corrected chi connectivity index (χ0v) is 10.3. The molecule has 0 unspecified atom stereocenters. The van der Waals surface area contributed by atoms with E-state index in [0.29, 0.717) is 12.8 Å². The van der Waals surface area contributed by atoms with E-state index in [0.717, 1.165) is 12.8 Å². The van der Waals surface area contributed by atoms with E-state index in [1.54, 1.807) is 6.07 Å². The summed E-state index contributed by atoms with van der Waals surface area (Å²) in [5, 5.41) is 10.1. The smallest absolute Gasteiger partial charge is 0.242 e. The van der Waals surface area contributed by atoms with Crippen molar-refractivity contribution >= 4 is 10.0 Å². The third kappa shape index (κ3) is 3.02. The van der Waals surface area contributed by atoms with Crippen molar-refractivity contribution in [2.24, 2.45) is 0 Å². The van der Waals surface area contributed by atoms with Crippen LogP contribution in [-0.2, 0) is 10.0 Å². The first-order valence-corrected chi connectivity index (χ1v) is 7.12. The SMILES string of the molecule is O=S(=O)(NCC1(O)CCCC1)c1cccnc1. The Morgan fingerprint density at radius 2 is 2.12 bits per heavy atom.